The van der Waals surface area contributed by atoms with Crippen LogP contribution in [0.15, 0.2) is 0 Å². The lowest BCUT2D eigenvalue weighted by molar-refractivity contribution is -0.148. The summed E-state index contributed by atoms with van der Waals surface area (Å²) in [7, 11) is 0. The van der Waals surface area contributed by atoms with E-state index < -0.39 is 12.0 Å². The van der Waals surface area contributed by atoms with Gasteiger partial charge in [0, 0.05) is 25.6 Å². The number of nitrogens with zero attached hydrogens (tertiary/aromatic N) is 1. The van der Waals surface area contributed by atoms with Crippen LogP contribution in [0.1, 0.15) is 46.0 Å². The number of carbonyl (C=O) groups excluding carboxylic acids is 2. The summed E-state index contributed by atoms with van der Waals surface area (Å²) in [6.07, 6.45) is 3.71. The van der Waals surface area contributed by atoms with Crippen molar-refractivity contribution < 1.29 is 19.5 Å². The average Bonchev–Trinajstić information content (AvgIpc) is 2.73. The summed E-state index contributed by atoms with van der Waals surface area (Å²) in [6.45, 7) is 4.03. The zero-order valence-corrected chi connectivity index (χ0v) is 12.9. The van der Waals surface area contributed by atoms with E-state index in [2.05, 4.69) is 6.92 Å². The van der Waals surface area contributed by atoms with E-state index in [4.69, 9.17) is 0 Å². The molecular formula is C14H23NO4S. The Morgan fingerprint density at radius 3 is 2.70 bits per heavy atom. The summed E-state index contributed by atoms with van der Waals surface area (Å²) in [4.78, 5) is 35.8. The number of carboxylic acid groups (broad SMARTS) is 1. The maximum absolute atomic E-state index is 12.0. The first kappa shape index (κ1) is 17.0. The van der Waals surface area contributed by atoms with Crippen LogP contribution in [0.2, 0.25) is 0 Å². The first-order valence-electron chi connectivity index (χ1n) is 7.11. The normalized spacial score (nSPS) is 20.2. The number of likely N-dealkylation sites (tertiary alicyclic amines) is 1. The minimum Gasteiger partial charge on any atom is -0.480 e. The molecule has 1 fully saturated rings. The van der Waals surface area contributed by atoms with Gasteiger partial charge in [-0.1, -0.05) is 37.9 Å². The first-order chi connectivity index (χ1) is 9.45. The molecule has 0 aromatic rings. The van der Waals surface area contributed by atoms with Gasteiger partial charge in [0.2, 0.25) is 5.91 Å². The number of carbonyl (C=O) groups is 3. The van der Waals surface area contributed by atoms with E-state index in [-0.39, 0.29) is 16.9 Å². The predicted molar refractivity (Wildman–Crippen MR) is 78.5 cm³/mol. The molecule has 1 aliphatic heterocycles. The van der Waals surface area contributed by atoms with Gasteiger partial charge in [-0.05, 0) is 12.3 Å². The summed E-state index contributed by atoms with van der Waals surface area (Å²) >= 11 is 1.21. The quantitative estimate of drug-likeness (QED) is 0.695. The zero-order valence-electron chi connectivity index (χ0n) is 12.1. The third-order valence-corrected chi connectivity index (χ3v) is 4.55. The highest BCUT2D eigenvalue weighted by Crippen LogP contribution is 2.25. The minimum absolute atomic E-state index is 0.0358. The Hall–Kier alpha value is -1.04. The molecule has 114 valence electrons. The predicted octanol–water partition coefficient (Wildman–Crippen LogP) is 2.15. The van der Waals surface area contributed by atoms with E-state index in [0.29, 0.717) is 25.1 Å². The topological polar surface area (TPSA) is 74.7 Å². The van der Waals surface area contributed by atoms with Gasteiger partial charge in [-0.2, -0.15) is 0 Å². The Morgan fingerprint density at radius 2 is 2.15 bits per heavy atom. The van der Waals surface area contributed by atoms with Crippen molar-refractivity contribution in [2.24, 2.45) is 5.92 Å². The molecule has 0 spiro atoms. The van der Waals surface area contributed by atoms with Gasteiger partial charge in [0.05, 0.1) is 0 Å². The monoisotopic (exact) mass is 301 g/mol. The molecule has 1 rings (SSSR count). The molecule has 0 aromatic heterocycles. The van der Waals surface area contributed by atoms with Crippen LogP contribution < -0.4 is 0 Å². The Kier molecular flexibility index (Phi) is 7.05. The molecule has 1 N–H and O–H groups in total. The van der Waals surface area contributed by atoms with E-state index in [9.17, 15) is 19.5 Å². The second kappa shape index (κ2) is 8.29. The van der Waals surface area contributed by atoms with Crippen molar-refractivity contribution in [3.8, 4) is 0 Å². The lowest BCUT2D eigenvalue weighted by Crippen LogP contribution is -2.42. The molecule has 20 heavy (non-hydrogen) atoms. The molecule has 1 saturated heterocycles. The molecule has 1 aliphatic rings. The minimum atomic E-state index is -0.922. The highest BCUT2D eigenvalue weighted by atomic mass is 32.2. The van der Waals surface area contributed by atoms with Gasteiger partial charge in [-0.15, -0.1) is 0 Å². The summed E-state index contributed by atoms with van der Waals surface area (Å²) < 4.78 is 0. The van der Waals surface area contributed by atoms with E-state index in [1.807, 2.05) is 0 Å². The molecule has 5 nitrogen and oxygen atoms in total. The van der Waals surface area contributed by atoms with E-state index in [1.165, 1.54) is 23.6 Å². The standard InChI is InChI=1S/C14H23NO4S/c1-3-4-5-6-12(14(18)19)15-8-11(7-13(15)17)9-20-10(2)16/h11-12H,3-9H2,1-2H3,(H,18,19)/t11?,12-/m0/s1. The van der Waals surface area contributed by atoms with Crippen LogP contribution in [0.4, 0.5) is 0 Å². The van der Waals surface area contributed by atoms with Gasteiger partial charge in [0.25, 0.3) is 0 Å². The van der Waals surface area contributed by atoms with Crippen LogP contribution >= 0.6 is 11.8 Å². The zero-order chi connectivity index (χ0) is 15.1. The van der Waals surface area contributed by atoms with Crippen LogP contribution in [0.3, 0.4) is 0 Å². The molecule has 0 aliphatic carbocycles. The fourth-order valence-electron chi connectivity index (χ4n) is 2.46. The number of aliphatic carboxylic acids is 1. The van der Waals surface area contributed by atoms with Crippen molar-refractivity contribution in [3.63, 3.8) is 0 Å². The van der Waals surface area contributed by atoms with Gasteiger partial charge in [0.1, 0.15) is 6.04 Å². The molecule has 1 amide bonds. The summed E-state index contributed by atoms with van der Waals surface area (Å²) in [5.41, 5.74) is 0. The van der Waals surface area contributed by atoms with Gasteiger partial charge >= 0.3 is 5.97 Å². The number of amides is 1. The molecule has 0 aromatic carbocycles. The number of hydrogen-bond donors (Lipinski definition) is 1. The van der Waals surface area contributed by atoms with Crippen LogP contribution in [-0.4, -0.2) is 45.3 Å². The third kappa shape index (κ3) is 5.15. The van der Waals surface area contributed by atoms with E-state index in [1.54, 1.807) is 0 Å². The van der Waals surface area contributed by atoms with Crippen molar-refractivity contribution in [2.45, 2.75) is 52.0 Å². The van der Waals surface area contributed by atoms with Gasteiger partial charge in [0.15, 0.2) is 5.12 Å². The molecule has 0 saturated carbocycles. The maximum atomic E-state index is 12.0. The highest BCUT2D eigenvalue weighted by Gasteiger charge is 2.37. The number of thioether (sulfide) groups is 1. The first-order valence-corrected chi connectivity index (χ1v) is 8.09. The Balaban J connectivity index is 2.56. The van der Waals surface area contributed by atoms with Crippen LogP contribution in [0.25, 0.3) is 0 Å². The van der Waals surface area contributed by atoms with Crippen LogP contribution in [0, 0.1) is 5.92 Å². The van der Waals surface area contributed by atoms with E-state index in [0.717, 1.165) is 19.3 Å². The van der Waals surface area contributed by atoms with Crippen molar-refractivity contribution in [2.75, 3.05) is 12.3 Å². The fraction of sp³-hybridized carbons (Fsp3) is 0.786. The van der Waals surface area contributed by atoms with Crippen molar-refractivity contribution in [1.82, 2.24) is 4.90 Å². The maximum Gasteiger partial charge on any atom is 0.326 e. The Labute approximate surface area is 124 Å². The number of hydrogen-bond acceptors (Lipinski definition) is 4. The van der Waals surface area contributed by atoms with Crippen LogP contribution in [-0.2, 0) is 14.4 Å². The Bertz CT molecular complexity index is 372. The number of rotatable bonds is 8. The number of carboxylic acids is 1. The van der Waals surface area contributed by atoms with Gasteiger partial charge in [-0.25, -0.2) is 4.79 Å². The van der Waals surface area contributed by atoms with Crippen LogP contribution in [0.5, 0.6) is 0 Å². The largest absolute Gasteiger partial charge is 0.480 e. The smallest absolute Gasteiger partial charge is 0.326 e. The van der Waals surface area contributed by atoms with Gasteiger partial charge < -0.3 is 10.0 Å². The van der Waals surface area contributed by atoms with Crippen molar-refractivity contribution in [3.05, 3.63) is 0 Å². The number of unbranched alkanes of at least 4 members (excludes halogenated alkanes) is 2. The second-order valence-electron chi connectivity index (χ2n) is 5.27. The molecule has 1 unspecified atom stereocenters. The molecule has 2 atom stereocenters. The Morgan fingerprint density at radius 1 is 1.45 bits per heavy atom. The molecule has 0 radical (unpaired) electrons. The summed E-state index contributed by atoms with van der Waals surface area (Å²) in [6, 6.07) is -0.707. The lowest BCUT2D eigenvalue weighted by atomic mass is 10.1. The molecule has 0 bridgehead atoms. The third-order valence-electron chi connectivity index (χ3n) is 3.50. The molecule has 1 heterocycles. The highest BCUT2D eigenvalue weighted by molar-refractivity contribution is 8.13. The summed E-state index contributed by atoms with van der Waals surface area (Å²) in [5.74, 6) is -0.333. The molecular weight excluding hydrogens is 278 g/mol. The SMILES string of the molecule is CCCCC[C@@H](C(=O)O)N1CC(CSC(C)=O)CC1=O. The van der Waals surface area contributed by atoms with Gasteiger partial charge in [-0.3, -0.25) is 9.59 Å². The second-order valence-corrected chi connectivity index (χ2v) is 6.47. The van der Waals surface area contributed by atoms with E-state index >= 15 is 0 Å². The lowest BCUT2D eigenvalue weighted by Gasteiger charge is -2.24. The fourth-order valence-corrected chi connectivity index (χ4v) is 3.15. The van der Waals surface area contributed by atoms with Crippen molar-refractivity contribution in [1.29, 1.82) is 0 Å². The average molecular weight is 301 g/mol. The summed E-state index contributed by atoms with van der Waals surface area (Å²) in [5, 5.41) is 9.34. The molecule has 6 heteroatoms. The van der Waals surface area contributed by atoms with Crippen molar-refractivity contribution >= 4 is 28.8 Å².